The van der Waals surface area contributed by atoms with Crippen molar-refractivity contribution in [2.75, 3.05) is 13.2 Å². The molecule has 2 rings (SSSR count). The number of hydrogen-bond acceptors (Lipinski definition) is 3. The van der Waals surface area contributed by atoms with E-state index in [2.05, 4.69) is 50.4 Å². The molecule has 0 saturated carbocycles. The number of allylic oxidation sites excluding steroid dienone is 4. The van der Waals surface area contributed by atoms with Gasteiger partial charge in [0.05, 0.1) is 13.2 Å². The number of carbonyl (C=O) groups is 1. The maximum absolute atomic E-state index is 10.9. The molecule has 27 heavy (non-hydrogen) atoms. The lowest BCUT2D eigenvalue weighted by atomic mass is 9.89. The molecular weight excluding hydrogens is 336 g/mol. The van der Waals surface area contributed by atoms with E-state index in [1.807, 2.05) is 6.08 Å². The maximum Gasteiger partial charge on any atom is 0.330 e. The van der Waals surface area contributed by atoms with Gasteiger partial charge in [0.2, 0.25) is 0 Å². The van der Waals surface area contributed by atoms with Gasteiger partial charge >= 0.3 is 5.97 Å². The molecule has 0 aromatic heterocycles. The van der Waals surface area contributed by atoms with Gasteiger partial charge in [-0.1, -0.05) is 37.5 Å². The number of esters is 1. The Morgan fingerprint density at radius 2 is 1.89 bits per heavy atom. The highest BCUT2D eigenvalue weighted by Crippen LogP contribution is 2.30. The van der Waals surface area contributed by atoms with Gasteiger partial charge in [0.1, 0.15) is 5.75 Å². The fourth-order valence-corrected chi connectivity index (χ4v) is 3.13. The minimum absolute atomic E-state index is 0.348. The van der Waals surface area contributed by atoms with E-state index in [9.17, 15) is 4.79 Å². The third-order valence-corrected chi connectivity index (χ3v) is 4.70. The summed E-state index contributed by atoms with van der Waals surface area (Å²) in [6, 6.07) is 6.38. The standard InChI is InChI=1S/C24H30O3/c1-4-10-19(3)20-11-12-22-18-23(14-13-21(22)17-20)26-15-8-6-7-9-16-27-24(25)5-2/h4-5,10,13-14,17-18H,1-2,6-9,11-12,15-16H2,3H3/b19-10+. The van der Waals surface area contributed by atoms with Crippen LogP contribution in [-0.2, 0) is 16.0 Å². The van der Waals surface area contributed by atoms with E-state index in [0.29, 0.717) is 13.2 Å². The smallest absolute Gasteiger partial charge is 0.330 e. The van der Waals surface area contributed by atoms with Gasteiger partial charge in [0.25, 0.3) is 0 Å². The van der Waals surface area contributed by atoms with Gasteiger partial charge in [0.15, 0.2) is 0 Å². The number of hydrogen-bond donors (Lipinski definition) is 0. The zero-order valence-electron chi connectivity index (χ0n) is 16.3. The van der Waals surface area contributed by atoms with Crippen molar-refractivity contribution in [2.45, 2.75) is 45.4 Å². The van der Waals surface area contributed by atoms with Crippen LogP contribution in [0.5, 0.6) is 5.75 Å². The Hall–Kier alpha value is -2.55. The largest absolute Gasteiger partial charge is 0.494 e. The normalized spacial score (nSPS) is 13.4. The molecular formula is C24H30O3. The van der Waals surface area contributed by atoms with E-state index in [-0.39, 0.29) is 5.97 Å². The highest BCUT2D eigenvalue weighted by Gasteiger charge is 2.12. The molecule has 0 N–H and O–H groups in total. The molecule has 0 saturated heterocycles. The topological polar surface area (TPSA) is 35.5 Å². The molecule has 1 aromatic carbocycles. The van der Waals surface area contributed by atoms with E-state index in [0.717, 1.165) is 44.3 Å². The average molecular weight is 367 g/mol. The van der Waals surface area contributed by atoms with Crippen LogP contribution in [0.2, 0.25) is 0 Å². The third-order valence-electron chi connectivity index (χ3n) is 4.70. The first-order valence-corrected chi connectivity index (χ1v) is 9.69. The fraction of sp³-hybridized carbons (Fsp3) is 0.375. The van der Waals surface area contributed by atoms with E-state index in [1.165, 1.54) is 28.3 Å². The van der Waals surface area contributed by atoms with Gasteiger partial charge in [-0.2, -0.15) is 0 Å². The summed E-state index contributed by atoms with van der Waals surface area (Å²) in [4.78, 5) is 10.9. The molecule has 0 aliphatic heterocycles. The van der Waals surface area contributed by atoms with Crippen LogP contribution in [0, 0.1) is 0 Å². The van der Waals surface area contributed by atoms with Crippen LogP contribution in [0.15, 0.2) is 60.7 Å². The zero-order valence-corrected chi connectivity index (χ0v) is 16.3. The van der Waals surface area contributed by atoms with E-state index < -0.39 is 0 Å². The second kappa shape index (κ2) is 11.2. The molecule has 0 bridgehead atoms. The van der Waals surface area contributed by atoms with Crippen molar-refractivity contribution in [1.29, 1.82) is 0 Å². The van der Waals surface area contributed by atoms with Crippen LogP contribution in [0.25, 0.3) is 6.08 Å². The molecule has 0 heterocycles. The number of carbonyl (C=O) groups excluding carboxylic acids is 1. The summed E-state index contributed by atoms with van der Waals surface area (Å²) in [7, 11) is 0. The summed E-state index contributed by atoms with van der Waals surface area (Å²) in [5.41, 5.74) is 5.31. The summed E-state index contributed by atoms with van der Waals surface area (Å²) in [5.74, 6) is 0.600. The first-order chi connectivity index (χ1) is 13.1. The SMILES string of the molecule is C=C/C=C(\C)C1=Cc2ccc(OCCCCCCOC(=O)C=C)cc2CC1. The van der Waals surface area contributed by atoms with Crippen molar-refractivity contribution >= 4 is 12.0 Å². The maximum atomic E-state index is 10.9. The highest BCUT2D eigenvalue weighted by atomic mass is 16.5. The molecule has 1 aromatic rings. The molecule has 3 heteroatoms. The molecule has 0 fully saturated rings. The van der Waals surface area contributed by atoms with Gasteiger partial charge in [-0.15, -0.1) is 0 Å². The average Bonchev–Trinajstić information content (AvgIpc) is 2.69. The van der Waals surface area contributed by atoms with E-state index in [4.69, 9.17) is 9.47 Å². The van der Waals surface area contributed by atoms with Crippen molar-refractivity contribution in [3.8, 4) is 5.75 Å². The Kier molecular flexibility index (Phi) is 8.63. The van der Waals surface area contributed by atoms with Crippen LogP contribution in [-0.4, -0.2) is 19.2 Å². The number of unbranched alkanes of at least 4 members (excludes halogenated alkanes) is 3. The Labute approximate surface area is 163 Å². The summed E-state index contributed by atoms with van der Waals surface area (Å²) in [6.07, 6.45) is 13.5. The zero-order chi connectivity index (χ0) is 19.5. The predicted octanol–water partition coefficient (Wildman–Crippen LogP) is 5.82. The van der Waals surface area contributed by atoms with Gasteiger partial charge in [-0.05, 0) is 79.9 Å². The first kappa shape index (κ1) is 20.8. The van der Waals surface area contributed by atoms with Crippen LogP contribution < -0.4 is 4.74 Å². The molecule has 0 unspecified atom stereocenters. The lowest BCUT2D eigenvalue weighted by molar-refractivity contribution is -0.137. The highest BCUT2D eigenvalue weighted by molar-refractivity contribution is 5.81. The second-order valence-corrected chi connectivity index (χ2v) is 6.75. The van der Waals surface area contributed by atoms with Crippen molar-refractivity contribution in [3.05, 3.63) is 71.9 Å². The monoisotopic (exact) mass is 366 g/mol. The third kappa shape index (κ3) is 6.93. The summed E-state index contributed by atoms with van der Waals surface area (Å²) in [5, 5.41) is 0. The molecule has 0 spiro atoms. The Balaban J connectivity index is 1.72. The van der Waals surface area contributed by atoms with Gasteiger partial charge in [-0.3, -0.25) is 0 Å². The fourth-order valence-electron chi connectivity index (χ4n) is 3.13. The van der Waals surface area contributed by atoms with Gasteiger partial charge in [0, 0.05) is 6.08 Å². The number of aryl methyl sites for hydroxylation is 1. The summed E-state index contributed by atoms with van der Waals surface area (Å²) >= 11 is 0. The molecule has 144 valence electrons. The van der Waals surface area contributed by atoms with Gasteiger partial charge in [-0.25, -0.2) is 4.79 Å². The lowest BCUT2D eigenvalue weighted by Crippen LogP contribution is -2.03. The van der Waals surface area contributed by atoms with Crippen LogP contribution in [0.3, 0.4) is 0 Å². The Morgan fingerprint density at radius 3 is 2.63 bits per heavy atom. The van der Waals surface area contributed by atoms with Crippen molar-refractivity contribution in [1.82, 2.24) is 0 Å². The molecule has 0 atom stereocenters. The van der Waals surface area contributed by atoms with Crippen LogP contribution in [0.1, 0.15) is 50.2 Å². The number of fused-ring (bicyclic) bond motifs is 1. The number of benzene rings is 1. The molecule has 3 nitrogen and oxygen atoms in total. The minimum atomic E-state index is -0.348. The lowest BCUT2D eigenvalue weighted by Gasteiger charge is -2.18. The van der Waals surface area contributed by atoms with Gasteiger partial charge < -0.3 is 9.47 Å². The number of rotatable bonds is 11. The summed E-state index contributed by atoms with van der Waals surface area (Å²) in [6.45, 7) is 10.5. The minimum Gasteiger partial charge on any atom is -0.494 e. The Morgan fingerprint density at radius 1 is 1.11 bits per heavy atom. The molecule has 1 aliphatic carbocycles. The Bertz CT molecular complexity index is 725. The number of ether oxygens (including phenoxy) is 2. The van der Waals surface area contributed by atoms with E-state index in [1.54, 1.807) is 0 Å². The van der Waals surface area contributed by atoms with Crippen LogP contribution in [0.4, 0.5) is 0 Å². The molecule has 0 radical (unpaired) electrons. The second-order valence-electron chi connectivity index (χ2n) is 6.75. The quantitative estimate of drug-likeness (QED) is 0.214. The van der Waals surface area contributed by atoms with Crippen LogP contribution >= 0.6 is 0 Å². The van der Waals surface area contributed by atoms with Crippen molar-refractivity contribution in [2.24, 2.45) is 0 Å². The van der Waals surface area contributed by atoms with E-state index >= 15 is 0 Å². The summed E-state index contributed by atoms with van der Waals surface area (Å²) < 4.78 is 10.9. The molecule has 1 aliphatic rings. The molecule has 0 amide bonds. The predicted molar refractivity (Wildman–Crippen MR) is 112 cm³/mol. The van der Waals surface area contributed by atoms with Crippen molar-refractivity contribution < 1.29 is 14.3 Å². The first-order valence-electron chi connectivity index (χ1n) is 9.69. The van der Waals surface area contributed by atoms with Crippen molar-refractivity contribution in [3.63, 3.8) is 0 Å².